The summed E-state index contributed by atoms with van der Waals surface area (Å²) in [7, 11) is 1.40. The molecule has 0 heterocycles. The molecule has 22 heavy (non-hydrogen) atoms. The third-order valence-corrected chi connectivity index (χ3v) is 3.54. The minimum atomic E-state index is -0.464. The monoisotopic (exact) mass is 363 g/mol. The van der Waals surface area contributed by atoms with Crippen molar-refractivity contribution in [3.8, 4) is 5.75 Å². The van der Waals surface area contributed by atoms with E-state index in [0.29, 0.717) is 5.56 Å². The fourth-order valence-corrected chi connectivity index (χ4v) is 2.38. The lowest BCUT2D eigenvalue weighted by molar-refractivity contribution is -0.111. The number of carbonyl (C=O) groups is 1. The van der Waals surface area contributed by atoms with Gasteiger partial charge < -0.3 is 10.1 Å². The van der Waals surface area contributed by atoms with Crippen molar-refractivity contribution >= 4 is 33.6 Å². The van der Waals surface area contributed by atoms with Crippen molar-refractivity contribution < 1.29 is 13.9 Å². The van der Waals surface area contributed by atoms with Gasteiger partial charge in [-0.25, -0.2) is 4.39 Å². The summed E-state index contributed by atoms with van der Waals surface area (Å²) in [6.45, 7) is 1.91. The van der Waals surface area contributed by atoms with Crippen LogP contribution in [0.5, 0.6) is 5.75 Å². The van der Waals surface area contributed by atoms with Crippen molar-refractivity contribution in [2.45, 2.75) is 6.92 Å². The van der Waals surface area contributed by atoms with Crippen molar-refractivity contribution in [3.63, 3.8) is 0 Å². The highest BCUT2D eigenvalue weighted by Crippen LogP contribution is 2.20. The van der Waals surface area contributed by atoms with Crippen molar-refractivity contribution in [1.82, 2.24) is 0 Å². The smallest absolute Gasteiger partial charge is 0.248 e. The van der Waals surface area contributed by atoms with Crippen LogP contribution in [0.3, 0.4) is 0 Å². The molecule has 2 aromatic rings. The minimum absolute atomic E-state index is 0.173. The van der Waals surface area contributed by atoms with E-state index in [2.05, 4.69) is 21.2 Å². The van der Waals surface area contributed by atoms with Gasteiger partial charge in [-0.15, -0.1) is 0 Å². The SMILES string of the molecule is COc1ccc(/C=C/C(=O)Nc2ccc(Br)cc2C)cc1F. The number of carbonyl (C=O) groups excluding carboxylic acids is 1. The van der Waals surface area contributed by atoms with Gasteiger partial charge in [0.1, 0.15) is 0 Å². The van der Waals surface area contributed by atoms with Crippen LogP contribution >= 0.6 is 15.9 Å². The maximum atomic E-state index is 13.5. The summed E-state index contributed by atoms with van der Waals surface area (Å²) in [6, 6.07) is 10.1. The van der Waals surface area contributed by atoms with E-state index < -0.39 is 5.82 Å². The zero-order valence-electron chi connectivity index (χ0n) is 12.2. The van der Waals surface area contributed by atoms with Gasteiger partial charge >= 0.3 is 0 Å². The second-order valence-electron chi connectivity index (χ2n) is 4.68. The Balaban J connectivity index is 2.06. The van der Waals surface area contributed by atoms with Gasteiger partial charge in [0.05, 0.1) is 7.11 Å². The molecule has 0 fully saturated rings. The zero-order chi connectivity index (χ0) is 16.1. The highest BCUT2D eigenvalue weighted by atomic mass is 79.9. The summed E-state index contributed by atoms with van der Waals surface area (Å²) in [4.78, 5) is 11.9. The van der Waals surface area contributed by atoms with E-state index in [1.165, 1.54) is 25.3 Å². The molecule has 0 aliphatic carbocycles. The molecule has 0 aromatic heterocycles. The number of aryl methyl sites for hydroxylation is 1. The molecular formula is C17H15BrFNO2. The Hall–Kier alpha value is -2.14. The number of nitrogens with one attached hydrogen (secondary N) is 1. The molecule has 0 saturated carbocycles. The van der Waals surface area contributed by atoms with Gasteiger partial charge in [-0.3, -0.25) is 4.79 Å². The number of hydrogen-bond donors (Lipinski definition) is 1. The first-order valence-corrected chi connectivity index (χ1v) is 7.37. The number of rotatable bonds is 4. The van der Waals surface area contributed by atoms with Crippen LogP contribution in [0.25, 0.3) is 6.08 Å². The Morgan fingerprint density at radius 1 is 1.27 bits per heavy atom. The van der Waals surface area contributed by atoms with E-state index in [0.717, 1.165) is 15.7 Å². The Morgan fingerprint density at radius 2 is 2.05 bits per heavy atom. The van der Waals surface area contributed by atoms with Crippen molar-refractivity contribution in [2.24, 2.45) is 0 Å². The van der Waals surface area contributed by atoms with Crippen LogP contribution in [0.2, 0.25) is 0 Å². The molecule has 0 aliphatic heterocycles. The molecule has 2 rings (SSSR count). The second kappa shape index (κ2) is 7.22. The largest absolute Gasteiger partial charge is 0.494 e. The quantitative estimate of drug-likeness (QED) is 0.808. The predicted molar refractivity (Wildman–Crippen MR) is 89.5 cm³/mol. The highest BCUT2D eigenvalue weighted by molar-refractivity contribution is 9.10. The van der Waals surface area contributed by atoms with Crippen LogP contribution in [0.1, 0.15) is 11.1 Å². The molecule has 3 nitrogen and oxygen atoms in total. The molecule has 0 bridgehead atoms. The molecule has 1 N–H and O–H groups in total. The lowest BCUT2D eigenvalue weighted by atomic mass is 10.2. The summed E-state index contributed by atoms with van der Waals surface area (Å²) in [5.74, 6) is -0.567. The maximum Gasteiger partial charge on any atom is 0.248 e. The molecular weight excluding hydrogens is 349 g/mol. The topological polar surface area (TPSA) is 38.3 Å². The van der Waals surface area contributed by atoms with Crippen molar-refractivity contribution in [3.05, 3.63) is 63.9 Å². The van der Waals surface area contributed by atoms with E-state index >= 15 is 0 Å². The van der Waals surface area contributed by atoms with E-state index in [4.69, 9.17) is 4.74 Å². The van der Waals surface area contributed by atoms with Crippen LogP contribution in [-0.4, -0.2) is 13.0 Å². The third-order valence-electron chi connectivity index (χ3n) is 3.05. The molecule has 0 spiro atoms. The Bertz CT molecular complexity index is 729. The number of ether oxygens (including phenoxy) is 1. The van der Waals surface area contributed by atoms with E-state index in [9.17, 15) is 9.18 Å². The standard InChI is InChI=1S/C17H15BrFNO2/c1-11-9-13(18)5-6-15(11)20-17(21)8-4-12-3-7-16(22-2)14(19)10-12/h3-10H,1-2H3,(H,20,21)/b8-4+. The second-order valence-corrected chi connectivity index (χ2v) is 5.59. The van der Waals surface area contributed by atoms with Crippen LogP contribution in [0, 0.1) is 12.7 Å². The third kappa shape index (κ3) is 4.18. The predicted octanol–water partition coefficient (Wildman–Crippen LogP) is 4.56. The lowest BCUT2D eigenvalue weighted by Gasteiger charge is -2.06. The number of hydrogen-bond acceptors (Lipinski definition) is 2. The van der Waals surface area contributed by atoms with Crippen LogP contribution in [0.15, 0.2) is 46.9 Å². The molecule has 0 atom stereocenters. The van der Waals surface area contributed by atoms with E-state index in [-0.39, 0.29) is 11.7 Å². The lowest BCUT2D eigenvalue weighted by Crippen LogP contribution is -2.08. The summed E-state index contributed by atoms with van der Waals surface area (Å²) in [6.07, 6.45) is 2.91. The first-order valence-electron chi connectivity index (χ1n) is 6.58. The molecule has 0 aliphatic rings. The molecule has 0 radical (unpaired) electrons. The molecule has 0 unspecified atom stereocenters. The number of benzene rings is 2. The van der Waals surface area contributed by atoms with Crippen LogP contribution < -0.4 is 10.1 Å². The molecule has 2 aromatic carbocycles. The van der Waals surface area contributed by atoms with Gasteiger partial charge in [0, 0.05) is 16.2 Å². The van der Waals surface area contributed by atoms with Gasteiger partial charge in [-0.2, -0.15) is 0 Å². The summed E-state index contributed by atoms with van der Waals surface area (Å²) < 4.78 is 19.3. The first kappa shape index (κ1) is 16.2. The van der Waals surface area contributed by atoms with Gasteiger partial charge in [0.15, 0.2) is 11.6 Å². The van der Waals surface area contributed by atoms with Gasteiger partial charge in [-0.1, -0.05) is 22.0 Å². The Morgan fingerprint density at radius 3 is 2.68 bits per heavy atom. The number of anilines is 1. The first-order chi connectivity index (χ1) is 10.5. The van der Waals surface area contributed by atoms with Crippen LogP contribution in [0.4, 0.5) is 10.1 Å². The van der Waals surface area contributed by atoms with Gasteiger partial charge in [0.25, 0.3) is 0 Å². The van der Waals surface area contributed by atoms with Gasteiger partial charge in [0.2, 0.25) is 5.91 Å². The average molecular weight is 364 g/mol. The van der Waals surface area contributed by atoms with Crippen molar-refractivity contribution in [2.75, 3.05) is 12.4 Å². The molecule has 0 saturated heterocycles. The number of amides is 1. The van der Waals surface area contributed by atoms with Crippen LogP contribution in [-0.2, 0) is 4.79 Å². The molecule has 1 amide bonds. The summed E-state index contributed by atoms with van der Waals surface area (Å²) in [5, 5.41) is 2.78. The fourth-order valence-electron chi connectivity index (χ4n) is 1.90. The Labute approximate surface area is 136 Å². The Kier molecular flexibility index (Phi) is 5.33. The summed E-state index contributed by atoms with van der Waals surface area (Å²) in [5.41, 5.74) is 2.27. The fraction of sp³-hybridized carbons (Fsp3) is 0.118. The normalized spacial score (nSPS) is 10.7. The van der Waals surface area contributed by atoms with Crippen molar-refractivity contribution in [1.29, 1.82) is 0 Å². The minimum Gasteiger partial charge on any atom is -0.494 e. The van der Waals surface area contributed by atoms with Gasteiger partial charge in [-0.05, 0) is 54.5 Å². The number of halogens is 2. The molecule has 114 valence electrons. The molecule has 5 heteroatoms. The average Bonchev–Trinajstić information content (AvgIpc) is 2.48. The highest BCUT2D eigenvalue weighted by Gasteiger charge is 2.04. The maximum absolute atomic E-state index is 13.5. The zero-order valence-corrected chi connectivity index (χ0v) is 13.8. The van der Waals surface area contributed by atoms with E-state index in [1.807, 2.05) is 25.1 Å². The van der Waals surface area contributed by atoms with E-state index in [1.54, 1.807) is 12.1 Å². The number of methoxy groups -OCH3 is 1. The summed E-state index contributed by atoms with van der Waals surface area (Å²) >= 11 is 3.37.